The van der Waals surface area contributed by atoms with E-state index in [4.69, 9.17) is 19.7 Å². The van der Waals surface area contributed by atoms with Gasteiger partial charge in [0.25, 0.3) is 0 Å². The fourth-order valence-corrected chi connectivity index (χ4v) is 1.33. The Morgan fingerprint density at radius 2 is 1.64 bits per heavy atom. The van der Waals surface area contributed by atoms with E-state index in [1.807, 2.05) is 30.3 Å². The molecule has 132 valence electrons. The van der Waals surface area contributed by atoms with E-state index in [2.05, 4.69) is 4.98 Å². The summed E-state index contributed by atoms with van der Waals surface area (Å²) in [5.41, 5.74) is 0.706. The van der Waals surface area contributed by atoms with Crippen LogP contribution in [0.4, 0.5) is 13.2 Å². The number of carboxylic acid groups (broad SMARTS) is 2. The molecule has 0 fully saturated rings. The highest BCUT2D eigenvalue weighted by atomic mass is 19.4. The highest BCUT2D eigenvalue weighted by molar-refractivity contribution is 5.85. The maximum atomic E-state index is 10.6. The van der Waals surface area contributed by atoms with Crippen molar-refractivity contribution in [2.24, 2.45) is 0 Å². The van der Waals surface area contributed by atoms with E-state index >= 15 is 0 Å². The molecule has 0 saturated carbocycles. The van der Waals surface area contributed by atoms with Crippen LogP contribution >= 0.6 is 0 Å². The molecular formula is C16H12F3NO5. The normalized spacial score (nSPS) is 10.7. The number of aromatic nitrogens is 1. The summed E-state index contributed by atoms with van der Waals surface area (Å²) in [7, 11) is 0. The predicted molar refractivity (Wildman–Crippen MR) is 81.1 cm³/mol. The third-order valence-electron chi connectivity index (χ3n) is 2.39. The first kappa shape index (κ1) is 19.7. The van der Waals surface area contributed by atoms with Gasteiger partial charge in [0.15, 0.2) is 0 Å². The van der Waals surface area contributed by atoms with Gasteiger partial charge in [0.2, 0.25) is 5.88 Å². The lowest BCUT2D eigenvalue weighted by atomic mass is 10.2. The Labute approximate surface area is 139 Å². The van der Waals surface area contributed by atoms with Crippen molar-refractivity contribution in [3.05, 3.63) is 60.3 Å². The number of alkyl halides is 3. The summed E-state index contributed by atoms with van der Waals surface area (Å²) < 4.78 is 37.2. The van der Waals surface area contributed by atoms with Crippen molar-refractivity contribution < 1.29 is 37.7 Å². The smallest absolute Gasteiger partial charge is 0.478 e. The predicted octanol–water partition coefficient (Wildman–Crippen LogP) is 3.61. The molecule has 0 aliphatic heterocycles. The number of pyridine rings is 1. The molecule has 0 atom stereocenters. The number of carboxylic acids is 2. The summed E-state index contributed by atoms with van der Waals surface area (Å²) >= 11 is 0. The van der Waals surface area contributed by atoms with Crippen LogP contribution in [0.3, 0.4) is 0 Å². The summed E-state index contributed by atoms with van der Waals surface area (Å²) in [6.45, 7) is 0. The quantitative estimate of drug-likeness (QED) is 0.814. The van der Waals surface area contributed by atoms with Gasteiger partial charge in [-0.2, -0.15) is 13.2 Å². The first-order valence-electron chi connectivity index (χ1n) is 6.58. The average molecular weight is 355 g/mol. The van der Waals surface area contributed by atoms with Gasteiger partial charge in [-0.15, -0.1) is 0 Å². The SMILES string of the molecule is O=C(O)C(F)(F)F.O=C(O)C=Cc1ccc(Oc2ccccc2)nc1. The molecule has 25 heavy (non-hydrogen) atoms. The van der Waals surface area contributed by atoms with Crippen LogP contribution in [-0.2, 0) is 9.59 Å². The Morgan fingerprint density at radius 3 is 2.08 bits per heavy atom. The number of halogens is 3. The summed E-state index contributed by atoms with van der Waals surface area (Å²) in [5.74, 6) is -2.57. The van der Waals surface area contributed by atoms with E-state index in [-0.39, 0.29) is 0 Å². The summed E-state index contributed by atoms with van der Waals surface area (Å²) in [6, 6.07) is 12.7. The van der Waals surface area contributed by atoms with E-state index in [1.54, 1.807) is 18.3 Å². The van der Waals surface area contributed by atoms with Gasteiger partial charge in [0.05, 0.1) is 0 Å². The van der Waals surface area contributed by atoms with Crippen molar-refractivity contribution in [2.75, 3.05) is 0 Å². The van der Waals surface area contributed by atoms with E-state index in [1.165, 1.54) is 6.08 Å². The summed E-state index contributed by atoms with van der Waals surface area (Å²) in [5, 5.41) is 15.6. The summed E-state index contributed by atoms with van der Waals surface area (Å²) in [6.07, 6.45) is -0.992. The molecule has 2 aromatic rings. The molecule has 1 aromatic carbocycles. The van der Waals surface area contributed by atoms with Crippen LogP contribution in [0.1, 0.15) is 5.56 Å². The number of benzene rings is 1. The van der Waals surface area contributed by atoms with E-state index < -0.39 is 18.1 Å². The van der Waals surface area contributed by atoms with Crippen molar-refractivity contribution in [2.45, 2.75) is 6.18 Å². The Balaban J connectivity index is 0.000000381. The number of aliphatic carboxylic acids is 2. The van der Waals surface area contributed by atoms with E-state index in [9.17, 15) is 18.0 Å². The second-order valence-electron chi connectivity index (χ2n) is 4.32. The van der Waals surface area contributed by atoms with Crippen molar-refractivity contribution in [3.63, 3.8) is 0 Å². The minimum absolute atomic E-state index is 0.466. The molecule has 2 rings (SSSR count). The highest BCUT2D eigenvalue weighted by Gasteiger charge is 2.38. The number of carbonyl (C=O) groups is 2. The molecule has 9 heteroatoms. The van der Waals surface area contributed by atoms with Crippen LogP contribution in [0.15, 0.2) is 54.7 Å². The number of hydrogen-bond donors (Lipinski definition) is 2. The van der Waals surface area contributed by atoms with Gasteiger partial charge in [-0.25, -0.2) is 14.6 Å². The molecule has 1 aromatic heterocycles. The maximum Gasteiger partial charge on any atom is 0.490 e. The summed E-state index contributed by atoms with van der Waals surface area (Å²) in [4.78, 5) is 23.3. The molecule has 6 nitrogen and oxygen atoms in total. The Morgan fingerprint density at radius 1 is 1.04 bits per heavy atom. The maximum absolute atomic E-state index is 10.6. The molecule has 0 unspecified atom stereocenters. The van der Waals surface area contributed by atoms with Gasteiger partial charge >= 0.3 is 18.1 Å². The molecule has 2 N–H and O–H groups in total. The third-order valence-corrected chi connectivity index (χ3v) is 2.39. The minimum atomic E-state index is -5.08. The van der Waals surface area contributed by atoms with Gasteiger partial charge in [-0.1, -0.05) is 18.2 Å². The lowest BCUT2D eigenvalue weighted by Crippen LogP contribution is -2.21. The molecule has 0 aliphatic carbocycles. The first-order valence-corrected chi connectivity index (χ1v) is 6.58. The number of hydrogen-bond acceptors (Lipinski definition) is 4. The fourth-order valence-electron chi connectivity index (χ4n) is 1.33. The molecule has 0 radical (unpaired) electrons. The van der Waals surface area contributed by atoms with Crippen LogP contribution < -0.4 is 4.74 Å². The first-order chi connectivity index (χ1) is 11.7. The zero-order valence-corrected chi connectivity index (χ0v) is 12.5. The van der Waals surface area contributed by atoms with Crippen molar-refractivity contribution in [1.82, 2.24) is 4.98 Å². The minimum Gasteiger partial charge on any atom is -0.478 e. The van der Waals surface area contributed by atoms with E-state index in [0.29, 0.717) is 17.2 Å². The number of para-hydroxylation sites is 1. The second kappa shape index (κ2) is 9.06. The van der Waals surface area contributed by atoms with Crippen molar-refractivity contribution >= 4 is 18.0 Å². The standard InChI is InChI=1S/C14H11NO3.C2HF3O2/c16-14(17)9-7-11-6-8-13(15-10-11)18-12-4-2-1-3-5-12;3-2(4,5)1(6)7/h1-10H,(H,16,17);(H,6,7). The second-order valence-corrected chi connectivity index (χ2v) is 4.32. The van der Waals surface area contributed by atoms with Gasteiger partial charge in [-0.3, -0.25) is 0 Å². The highest BCUT2D eigenvalue weighted by Crippen LogP contribution is 2.18. The van der Waals surface area contributed by atoms with Crippen LogP contribution in [0, 0.1) is 0 Å². The molecule has 0 bridgehead atoms. The molecule has 0 spiro atoms. The van der Waals surface area contributed by atoms with Gasteiger partial charge in [0, 0.05) is 18.3 Å². The monoisotopic (exact) mass is 355 g/mol. The molecule has 0 aliphatic rings. The lowest BCUT2D eigenvalue weighted by Gasteiger charge is -2.03. The number of nitrogens with zero attached hydrogens (tertiary/aromatic N) is 1. The molecule has 1 heterocycles. The average Bonchev–Trinajstić information content (AvgIpc) is 2.55. The van der Waals surface area contributed by atoms with Crippen LogP contribution in [0.5, 0.6) is 11.6 Å². The lowest BCUT2D eigenvalue weighted by molar-refractivity contribution is -0.192. The Bertz CT molecular complexity index is 728. The van der Waals surface area contributed by atoms with Crippen molar-refractivity contribution in [1.29, 1.82) is 0 Å². The topological polar surface area (TPSA) is 96.7 Å². The third kappa shape index (κ3) is 8.16. The molecule has 0 saturated heterocycles. The van der Waals surface area contributed by atoms with Crippen LogP contribution in [0.2, 0.25) is 0 Å². The van der Waals surface area contributed by atoms with Gasteiger partial charge in [-0.05, 0) is 29.8 Å². The zero-order valence-electron chi connectivity index (χ0n) is 12.5. The van der Waals surface area contributed by atoms with E-state index in [0.717, 1.165) is 6.08 Å². The Kier molecular flexibility index (Phi) is 7.14. The van der Waals surface area contributed by atoms with Gasteiger partial charge < -0.3 is 14.9 Å². The number of rotatable bonds is 4. The molecule has 0 amide bonds. The van der Waals surface area contributed by atoms with Crippen LogP contribution in [-0.4, -0.2) is 33.3 Å². The van der Waals surface area contributed by atoms with Crippen LogP contribution in [0.25, 0.3) is 6.08 Å². The molecular weight excluding hydrogens is 343 g/mol. The Hall–Kier alpha value is -3.36. The van der Waals surface area contributed by atoms with Crippen molar-refractivity contribution in [3.8, 4) is 11.6 Å². The number of ether oxygens (including phenoxy) is 1. The zero-order chi connectivity index (χ0) is 18.9. The largest absolute Gasteiger partial charge is 0.490 e. The fraction of sp³-hybridized carbons (Fsp3) is 0.0625. The van der Waals surface area contributed by atoms with Gasteiger partial charge in [0.1, 0.15) is 5.75 Å².